The number of hydrogen-bond donors (Lipinski definition) is 3. The van der Waals surface area contributed by atoms with Crippen molar-refractivity contribution in [3.8, 4) is 0 Å². The average Bonchev–Trinajstić information content (AvgIpc) is 3.45. The standard InChI is InChI=1S/C20H24N5O7P/c1-12(26)21-8-19-18-7-13-6-15(2-3-17(13)25(18)20(27)32-19)23-9-14-10-24(22-16(14)11-23)4-5-31-33(28,29)30/h2-3,6,10,18-19H,4-5,7-9,11H2,1H3,(H,21,26)(H2,28,29,30)/t18?,19-/m0/s1. The van der Waals surface area contributed by atoms with E-state index in [0.29, 0.717) is 26.1 Å². The largest absolute Gasteiger partial charge is 0.469 e. The van der Waals surface area contributed by atoms with Crippen molar-refractivity contribution >= 4 is 31.2 Å². The van der Waals surface area contributed by atoms with Crippen LogP contribution in [0.4, 0.5) is 16.2 Å². The molecule has 0 aliphatic carbocycles. The SMILES string of the molecule is CC(=O)NC[C@@H]1OC(=O)N2c3ccc(N4Cc5cn(CCOP(=O)(O)O)nc5C4)cc3CC12. The highest BCUT2D eigenvalue weighted by Gasteiger charge is 2.47. The molecule has 2 amide bonds. The highest BCUT2D eigenvalue weighted by molar-refractivity contribution is 7.46. The number of rotatable bonds is 7. The smallest absolute Gasteiger partial charge is 0.442 e. The third-order valence-corrected chi connectivity index (χ3v) is 6.60. The van der Waals surface area contributed by atoms with Gasteiger partial charge in [0.2, 0.25) is 5.91 Å². The number of phosphoric ester groups is 1. The van der Waals surface area contributed by atoms with Crippen LogP contribution in [0.1, 0.15) is 23.7 Å². The van der Waals surface area contributed by atoms with Crippen LogP contribution in [-0.4, -0.2) is 56.9 Å². The fraction of sp³-hybridized carbons (Fsp3) is 0.450. The molecule has 1 saturated heterocycles. The summed E-state index contributed by atoms with van der Waals surface area (Å²) in [5, 5.41) is 7.23. The van der Waals surface area contributed by atoms with E-state index in [0.717, 1.165) is 28.2 Å². The summed E-state index contributed by atoms with van der Waals surface area (Å²) in [5.74, 6) is -0.160. The molecule has 12 nitrogen and oxygen atoms in total. The van der Waals surface area contributed by atoms with Crippen LogP contribution in [0.15, 0.2) is 24.4 Å². The predicted octanol–water partition coefficient (Wildman–Crippen LogP) is 0.899. The van der Waals surface area contributed by atoms with Crippen molar-refractivity contribution in [1.82, 2.24) is 15.1 Å². The lowest BCUT2D eigenvalue weighted by Crippen LogP contribution is -2.40. The summed E-state index contributed by atoms with van der Waals surface area (Å²) in [6.07, 6.45) is 1.75. The molecule has 13 heteroatoms. The molecule has 0 bridgehead atoms. The van der Waals surface area contributed by atoms with E-state index in [4.69, 9.17) is 14.5 Å². The number of anilines is 2. The fourth-order valence-corrected chi connectivity index (χ4v) is 4.96. The summed E-state index contributed by atoms with van der Waals surface area (Å²) in [6, 6.07) is 5.86. The number of nitrogens with one attached hydrogen (secondary N) is 1. The second kappa shape index (κ2) is 8.14. The Balaban J connectivity index is 1.24. The Morgan fingerprint density at radius 3 is 2.88 bits per heavy atom. The lowest BCUT2D eigenvalue weighted by molar-refractivity contribution is -0.119. The number of ether oxygens (including phenoxy) is 1. The van der Waals surface area contributed by atoms with Gasteiger partial charge in [0.05, 0.1) is 43.7 Å². The first-order chi connectivity index (χ1) is 15.7. The molecule has 4 heterocycles. The number of aromatic nitrogens is 2. The van der Waals surface area contributed by atoms with E-state index >= 15 is 0 Å². The minimum Gasteiger partial charge on any atom is -0.442 e. The van der Waals surface area contributed by atoms with Gasteiger partial charge in [-0.25, -0.2) is 9.36 Å². The van der Waals surface area contributed by atoms with E-state index in [2.05, 4.69) is 25.9 Å². The average molecular weight is 477 g/mol. The summed E-state index contributed by atoms with van der Waals surface area (Å²) in [5.41, 5.74) is 4.88. The molecule has 0 spiro atoms. The Morgan fingerprint density at radius 2 is 2.15 bits per heavy atom. The number of cyclic esters (lactones) is 1. The molecule has 1 unspecified atom stereocenters. The molecule has 3 aliphatic rings. The monoisotopic (exact) mass is 477 g/mol. The summed E-state index contributed by atoms with van der Waals surface area (Å²) in [4.78, 5) is 45.1. The van der Waals surface area contributed by atoms with E-state index in [1.807, 2.05) is 18.3 Å². The van der Waals surface area contributed by atoms with Crippen molar-refractivity contribution in [3.63, 3.8) is 0 Å². The van der Waals surface area contributed by atoms with Crippen molar-refractivity contribution < 1.29 is 33.2 Å². The summed E-state index contributed by atoms with van der Waals surface area (Å²) >= 11 is 0. The van der Waals surface area contributed by atoms with Crippen molar-refractivity contribution in [2.24, 2.45) is 0 Å². The van der Waals surface area contributed by atoms with Gasteiger partial charge >= 0.3 is 13.9 Å². The number of carbonyl (C=O) groups is 2. The first kappa shape index (κ1) is 21.9. The van der Waals surface area contributed by atoms with E-state index in [1.54, 1.807) is 9.58 Å². The van der Waals surface area contributed by atoms with Gasteiger partial charge in [0.1, 0.15) is 6.10 Å². The van der Waals surface area contributed by atoms with Crippen molar-refractivity contribution in [3.05, 3.63) is 41.2 Å². The molecule has 33 heavy (non-hydrogen) atoms. The van der Waals surface area contributed by atoms with Gasteiger partial charge in [-0.05, 0) is 30.2 Å². The number of phosphoric acid groups is 1. The summed E-state index contributed by atoms with van der Waals surface area (Å²) in [6.45, 7) is 3.13. The molecule has 1 aromatic heterocycles. The number of benzene rings is 1. The molecule has 2 aromatic rings. The highest BCUT2D eigenvalue weighted by atomic mass is 31.2. The van der Waals surface area contributed by atoms with Gasteiger partial charge in [-0.15, -0.1) is 0 Å². The van der Waals surface area contributed by atoms with Crippen molar-refractivity contribution in [2.75, 3.05) is 23.0 Å². The zero-order valence-corrected chi connectivity index (χ0v) is 18.8. The molecule has 0 saturated carbocycles. The van der Waals surface area contributed by atoms with E-state index in [9.17, 15) is 14.2 Å². The van der Waals surface area contributed by atoms with Crippen LogP contribution >= 0.6 is 7.82 Å². The maximum Gasteiger partial charge on any atom is 0.469 e. The third-order valence-electron chi connectivity index (χ3n) is 6.09. The van der Waals surface area contributed by atoms with E-state index in [1.165, 1.54) is 6.92 Å². The molecule has 176 valence electrons. The first-order valence-corrected chi connectivity index (χ1v) is 12.1. The van der Waals surface area contributed by atoms with Gasteiger partial charge in [-0.3, -0.25) is 18.9 Å². The molecule has 2 atom stereocenters. The minimum atomic E-state index is -4.48. The number of fused-ring (bicyclic) bond motifs is 4. The maximum atomic E-state index is 12.4. The van der Waals surface area contributed by atoms with Gasteiger partial charge in [0.25, 0.3) is 0 Å². The van der Waals surface area contributed by atoms with Crippen LogP contribution in [0.2, 0.25) is 0 Å². The van der Waals surface area contributed by atoms with Crippen LogP contribution in [-0.2, 0) is 44.7 Å². The number of amides is 2. The lowest BCUT2D eigenvalue weighted by atomic mass is 10.0. The second-order valence-corrected chi connectivity index (χ2v) is 9.60. The molecular weight excluding hydrogens is 453 g/mol. The van der Waals surface area contributed by atoms with Crippen molar-refractivity contribution in [2.45, 2.75) is 45.1 Å². The van der Waals surface area contributed by atoms with E-state index < -0.39 is 7.82 Å². The zero-order valence-electron chi connectivity index (χ0n) is 17.9. The molecule has 1 fully saturated rings. The maximum absolute atomic E-state index is 12.4. The lowest BCUT2D eigenvalue weighted by Gasteiger charge is -2.20. The van der Waals surface area contributed by atoms with Gasteiger partial charge in [-0.2, -0.15) is 5.10 Å². The molecule has 0 radical (unpaired) electrons. The Kier molecular flexibility index (Phi) is 5.40. The van der Waals surface area contributed by atoms with Crippen LogP contribution in [0.3, 0.4) is 0 Å². The Hall–Kier alpha value is -2.92. The molecule has 3 aliphatic heterocycles. The summed E-state index contributed by atoms with van der Waals surface area (Å²) in [7, 11) is -4.48. The first-order valence-electron chi connectivity index (χ1n) is 10.6. The Bertz CT molecular complexity index is 1140. The molecular formula is C20H24N5O7P. The van der Waals surface area contributed by atoms with Crippen LogP contribution in [0, 0.1) is 0 Å². The number of hydrogen-bond acceptors (Lipinski definition) is 7. The number of nitrogens with zero attached hydrogens (tertiary/aromatic N) is 4. The zero-order chi connectivity index (χ0) is 23.3. The quantitative estimate of drug-likeness (QED) is 0.495. The topological polar surface area (TPSA) is 146 Å². The summed E-state index contributed by atoms with van der Waals surface area (Å²) < 4.78 is 22.4. The van der Waals surface area contributed by atoms with Crippen LogP contribution < -0.4 is 15.1 Å². The van der Waals surface area contributed by atoms with Gasteiger partial charge in [-0.1, -0.05) is 0 Å². The minimum absolute atomic E-state index is 0.123. The van der Waals surface area contributed by atoms with Crippen LogP contribution in [0.25, 0.3) is 0 Å². The molecule has 3 N–H and O–H groups in total. The second-order valence-electron chi connectivity index (χ2n) is 8.36. The van der Waals surface area contributed by atoms with Crippen LogP contribution in [0.5, 0.6) is 0 Å². The van der Waals surface area contributed by atoms with E-state index in [-0.39, 0.29) is 37.3 Å². The van der Waals surface area contributed by atoms with Gasteiger partial charge in [0.15, 0.2) is 0 Å². The molecule has 5 rings (SSSR count). The fourth-order valence-electron chi connectivity index (χ4n) is 4.64. The predicted molar refractivity (Wildman–Crippen MR) is 115 cm³/mol. The number of carbonyl (C=O) groups excluding carboxylic acids is 2. The highest BCUT2D eigenvalue weighted by Crippen LogP contribution is 2.41. The normalized spacial score (nSPS) is 21.1. The Labute approximate surface area is 189 Å². The van der Waals surface area contributed by atoms with Gasteiger partial charge in [0, 0.05) is 30.9 Å². The Morgan fingerprint density at radius 1 is 1.33 bits per heavy atom. The third kappa shape index (κ3) is 4.34. The van der Waals surface area contributed by atoms with Gasteiger partial charge < -0.3 is 24.7 Å². The van der Waals surface area contributed by atoms with Crippen molar-refractivity contribution in [1.29, 1.82) is 0 Å². The molecule has 1 aromatic carbocycles.